The Labute approximate surface area is 192 Å². The van der Waals surface area contributed by atoms with Gasteiger partial charge in [0.15, 0.2) is 0 Å². The summed E-state index contributed by atoms with van der Waals surface area (Å²) in [5.74, 6) is 0.511. The molecule has 0 fully saturated rings. The third kappa shape index (κ3) is 3.99. The highest BCUT2D eigenvalue weighted by molar-refractivity contribution is 7.12. The molecule has 0 saturated carbocycles. The number of hydrogen-bond acceptors (Lipinski definition) is 3. The Morgan fingerprint density at radius 3 is 2.75 bits per heavy atom. The molecular formula is C26H27FN2O2S. The molecule has 166 valence electrons. The average molecular weight is 451 g/mol. The van der Waals surface area contributed by atoms with Crippen molar-refractivity contribution < 1.29 is 13.9 Å². The van der Waals surface area contributed by atoms with Gasteiger partial charge in [-0.1, -0.05) is 24.3 Å². The highest BCUT2D eigenvalue weighted by Gasteiger charge is 2.36. The van der Waals surface area contributed by atoms with Gasteiger partial charge in [0.05, 0.1) is 13.2 Å². The van der Waals surface area contributed by atoms with Crippen LogP contribution in [0.2, 0.25) is 0 Å². The SMILES string of the molecule is COc1cccc(CNC(=O)N2CCc3c(sc4c3CCCC4)[C@@H]2c2ccc(F)cc2)c1. The maximum Gasteiger partial charge on any atom is 0.318 e. The lowest BCUT2D eigenvalue weighted by Crippen LogP contribution is -2.45. The van der Waals surface area contributed by atoms with Gasteiger partial charge in [0.1, 0.15) is 11.6 Å². The molecule has 2 amide bonds. The van der Waals surface area contributed by atoms with Crippen molar-refractivity contribution in [1.82, 2.24) is 10.2 Å². The van der Waals surface area contributed by atoms with Crippen molar-refractivity contribution in [2.24, 2.45) is 0 Å². The Morgan fingerprint density at radius 2 is 1.94 bits per heavy atom. The van der Waals surface area contributed by atoms with Crippen LogP contribution in [-0.4, -0.2) is 24.6 Å². The molecule has 1 atom stereocenters. The fourth-order valence-electron chi connectivity index (χ4n) is 4.91. The molecule has 2 aliphatic rings. The van der Waals surface area contributed by atoms with E-state index in [0.29, 0.717) is 13.1 Å². The topological polar surface area (TPSA) is 41.6 Å². The number of amides is 2. The largest absolute Gasteiger partial charge is 0.497 e. The number of carbonyl (C=O) groups is 1. The second-order valence-electron chi connectivity index (χ2n) is 8.46. The second-order valence-corrected chi connectivity index (χ2v) is 9.60. The van der Waals surface area contributed by atoms with Crippen LogP contribution in [0.25, 0.3) is 0 Å². The zero-order valence-corrected chi connectivity index (χ0v) is 19.0. The summed E-state index contributed by atoms with van der Waals surface area (Å²) in [5.41, 5.74) is 4.89. The fraction of sp³-hybridized carbons (Fsp3) is 0.346. The van der Waals surface area contributed by atoms with Crippen LogP contribution < -0.4 is 10.1 Å². The van der Waals surface area contributed by atoms with E-state index >= 15 is 0 Å². The predicted molar refractivity (Wildman–Crippen MR) is 125 cm³/mol. The summed E-state index contributed by atoms with van der Waals surface area (Å²) in [6.07, 6.45) is 5.62. The molecule has 2 heterocycles. The number of ether oxygens (including phenoxy) is 1. The molecular weight excluding hydrogens is 423 g/mol. The standard InChI is InChI=1S/C26H27FN2O2S/c1-31-20-6-4-5-17(15-20)16-28-26(30)29-14-13-22-21-7-2-3-8-23(21)32-25(22)24(29)18-9-11-19(27)12-10-18/h4-6,9-12,15,24H,2-3,7-8,13-14,16H2,1H3,(H,28,30)/t24-/m0/s1. The normalized spacial score (nSPS) is 17.4. The first kappa shape index (κ1) is 21.0. The van der Waals surface area contributed by atoms with E-state index in [4.69, 9.17) is 4.74 Å². The number of aryl methyl sites for hydroxylation is 1. The number of urea groups is 1. The molecule has 1 N–H and O–H groups in total. The van der Waals surface area contributed by atoms with E-state index in [9.17, 15) is 9.18 Å². The minimum atomic E-state index is -0.260. The van der Waals surface area contributed by atoms with Gasteiger partial charge in [-0.25, -0.2) is 9.18 Å². The van der Waals surface area contributed by atoms with E-state index in [1.807, 2.05) is 52.6 Å². The molecule has 32 heavy (non-hydrogen) atoms. The minimum absolute atomic E-state index is 0.0980. The number of fused-ring (bicyclic) bond motifs is 3. The van der Waals surface area contributed by atoms with E-state index < -0.39 is 0 Å². The van der Waals surface area contributed by atoms with E-state index in [0.717, 1.165) is 36.1 Å². The fourth-order valence-corrected chi connectivity index (χ4v) is 6.49. The van der Waals surface area contributed by atoms with Crippen LogP contribution in [0.1, 0.15) is 50.9 Å². The summed E-state index contributed by atoms with van der Waals surface area (Å²) in [7, 11) is 1.64. The highest BCUT2D eigenvalue weighted by atomic mass is 32.1. The Morgan fingerprint density at radius 1 is 1.12 bits per heavy atom. The molecule has 2 aromatic carbocycles. The molecule has 3 aromatic rings. The number of carbonyl (C=O) groups excluding carboxylic acids is 1. The quantitative estimate of drug-likeness (QED) is 0.560. The van der Waals surface area contributed by atoms with Crippen LogP contribution in [0.3, 0.4) is 0 Å². The molecule has 4 nitrogen and oxygen atoms in total. The number of benzene rings is 2. The van der Waals surface area contributed by atoms with Crippen molar-refractivity contribution in [1.29, 1.82) is 0 Å². The molecule has 1 aliphatic heterocycles. The van der Waals surface area contributed by atoms with Crippen LogP contribution >= 0.6 is 11.3 Å². The van der Waals surface area contributed by atoms with Crippen LogP contribution in [0.5, 0.6) is 5.75 Å². The van der Waals surface area contributed by atoms with Crippen LogP contribution in [0, 0.1) is 5.82 Å². The van der Waals surface area contributed by atoms with Crippen molar-refractivity contribution in [2.75, 3.05) is 13.7 Å². The molecule has 6 heteroatoms. The van der Waals surface area contributed by atoms with Gasteiger partial charge >= 0.3 is 6.03 Å². The smallest absolute Gasteiger partial charge is 0.318 e. The number of rotatable bonds is 4. The summed E-state index contributed by atoms with van der Waals surface area (Å²) in [4.78, 5) is 18.0. The molecule has 0 bridgehead atoms. The number of halogens is 1. The van der Waals surface area contributed by atoms with Gasteiger partial charge in [-0.05, 0) is 78.6 Å². The Balaban J connectivity index is 1.44. The first-order valence-corrected chi connectivity index (χ1v) is 12.0. The minimum Gasteiger partial charge on any atom is -0.497 e. The summed E-state index contributed by atoms with van der Waals surface area (Å²) in [6.45, 7) is 1.08. The van der Waals surface area contributed by atoms with E-state index in [1.54, 1.807) is 7.11 Å². The van der Waals surface area contributed by atoms with E-state index in [-0.39, 0.29) is 17.9 Å². The van der Waals surface area contributed by atoms with Crippen molar-refractivity contribution in [3.63, 3.8) is 0 Å². The Hall–Kier alpha value is -2.86. The number of hydrogen-bond donors (Lipinski definition) is 1. The summed E-state index contributed by atoms with van der Waals surface area (Å²) in [6, 6.07) is 14.0. The number of thiophene rings is 1. The lowest BCUT2D eigenvalue weighted by Gasteiger charge is -2.36. The van der Waals surface area contributed by atoms with Crippen molar-refractivity contribution in [2.45, 2.75) is 44.7 Å². The van der Waals surface area contributed by atoms with E-state index in [1.165, 1.54) is 45.9 Å². The lowest BCUT2D eigenvalue weighted by molar-refractivity contribution is 0.180. The number of methoxy groups -OCH3 is 1. The first-order valence-electron chi connectivity index (χ1n) is 11.2. The zero-order valence-electron chi connectivity index (χ0n) is 18.2. The van der Waals surface area contributed by atoms with Crippen LogP contribution in [0.4, 0.5) is 9.18 Å². The zero-order chi connectivity index (χ0) is 22.1. The van der Waals surface area contributed by atoms with Crippen LogP contribution in [0.15, 0.2) is 48.5 Å². The molecule has 0 unspecified atom stereocenters. The monoisotopic (exact) mass is 450 g/mol. The average Bonchev–Trinajstić information content (AvgIpc) is 3.21. The molecule has 0 saturated heterocycles. The third-order valence-electron chi connectivity index (χ3n) is 6.50. The number of nitrogens with zero attached hydrogens (tertiary/aromatic N) is 1. The molecule has 0 spiro atoms. The highest BCUT2D eigenvalue weighted by Crippen LogP contribution is 2.45. The van der Waals surface area contributed by atoms with Crippen molar-refractivity contribution in [3.05, 3.63) is 86.4 Å². The second kappa shape index (κ2) is 8.94. The Kier molecular flexibility index (Phi) is 5.87. The predicted octanol–water partition coefficient (Wildman–Crippen LogP) is 5.63. The van der Waals surface area contributed by atoms with E-state index in [2.05, 4.69) is 5.32 Å². The molecule has 5 rings (SSSR count). The Bertz CT molecular complexity index is 1130. The number of nitrogens with one attached hydrogen (secondary N) is 1. The third-order valence-corrected chi connectivity index (χ3v) is 7.89. The van der Waals surface area contributed by atoms with Gasteiger partial charge in [0.2, 0.25) is 0 Å². The van der Waals surface area contributed by atoms with Gasteiger partial charge in [0, 0.05) is 22.8 Å². The summed E-state index contributed by atoms with van der Waals surface area (Å²) < 4.78 is 18.9. The molecule has 0 radical (unpaired) electrons. The van der Waals surface area contributed by atoms with Gasteiger partial charge in [0.25, 0.3) is 0 Å². The first-order chi connectivity index (χ1) is 15.6. The summed E-state index contributed by atoms with van der Waals surface area (Å²) >= 11 is 1.85. The summed E-state index contributed by atoms with van der Waals surface area (Å²) in [5, 5.41) is 3.09. The van der Waals surface area contributed by atoms with Gasteiger partial charge in [-0.15, -0.1) is 11.3 Å². The van der Waals surface area contributed by atoms with Crippen molar-refractivity contribution >= 4 is 17.4 Å². The molecule has 1 aliphatic carbocycles. The maximum absolute atomic E-state index is 13.7. The lowest BCUT2D eigenvalue weighted by atomic mass is 9.88. The van der Waals surface area contributed by atoms with Gasteiger partial charge in [-0.2, -0.15) is 0 Å². The molecule has 1 aromatic heterocycles. The van der Waals surface area contributed by atoms with Crippen LogP contribution in [-0.2, 0) is 25.8 Å². The van der Waals surface area contributed by atoms with Gasteiger partial charge in [-0.3, -0.25) is 0 Å². The maximum atomic E-state index is 13.7. The van der Waals surface area contributed by atoms with Crippen molar-refractivity contribution in [3.8, 4) is 5.75 Å². The van der Waals surface area contributed by atoms with Gasteiger partial charge < -0.3 is 15.0 Å².